The minimum absolute atomic E-state index is 0.0939. The highest BCUT2D eigenvalue weighted by atomic mass is 16.3. The summed E-state index contributed by atoms with van der Waals surface area (Å²) in [6.45, 7) is 4.23. The topological polar surface area (TPSA) is 69.6 Å². The van der Waals surface area contributed by atoms with Gasteiger partial charge in [-0.25, -0.2) is 0 Å². The molecule has 0 heterocycles. The summed E-state index contributed by atoms with van der Waals surface area (Å²) in [7, 11) is 0. The quantitative estimate of drug-likeness (QED) is 0.0425. The van der Waals surface area contributed by atoms with Gasteiger partial charge in [-0.2, -0.15) is 0 Å². The average Bonchev–Trinajstić information content (AvgIpc) is 3.22. The van der Waals surface area contributed by atoms with Gasteiger partial charge in [0.2, 0.25) is 5.91 Å². The van der Waals surface area contributed by atoms with Crippen molar-refractivity contribution in [2.75, 3.05) is 6.61 Å². The molecule has 0 aliphatic heterocycles. The number of hydrogen-bond donors (Lipinski definition) is 3. The maximum atomic E-state index is 12.4. The molecule has 1 amide bonds. The third kappa shape index (κ3) is 45.0. The molecule has 0 aliphatic carbocycles. The fraction of sp³-hybridized carbons (Fsp3) is 0.792. The summed E-state index contributed by atoms with van der Waals surface area (Å²) in [4.78, 5) is 12.4. The van der Waals surface area contributed by atoms with Crippen LogP contribution < -0.4 is 5.32 Å². The van der Waals surface area contributed by atoms with E-state index in [0.29, 0.717) is 6.42 Å². The van der Waals surface area contributed by atoms with Crippen molar-refractivity contribution in [2.45, 2.75) is 264 Å². The Hall–Kier alpha value is -1.91. The second kappa shape index (κ2) is 48.5. The van der Waals surface area contributed by atoms with Gasteiger partial charge in [0.1, 0.15) is 0 Å². The van der Waals surface area contributed by atoms with Crippen molar-refractivity contribution < 1.29 is 15.0 Å². The number of hydrogen-bond acceptors (Lipinski definition) is 3. The molecular weight excluding hydrogens is 699 g/mol. The Labute approximate surface area is 356 Å². The lowest BCUT2D eigenvalue weighted by Crippen LogP contribution is -2.45. The first kappa shape index (κ1) is 55.1. The highest BCUT2D eigenvalue weighted by molar-refractivity contribution is 5.76. The average molecular weight is 796 g/mol. The van der Waals surface area contributed by atoms with Gasteiger partial charge in [-0.3, -0.25) is 4.79 Å². The zero-order valence-electron chi connectivity index (χ0n) is 38.1. The molecule has 0 saturated carbocycles. The minimum atomic E-state index is -0.878. The fourth-order valence-corrected chi connectivity index (χ4v) is 7.37. The van der Waals surface area contributed by atoms with E-state index in [0.717, 1.165) is 57.8 Å². The molecule has 0 bridgehead atoms. The zero-order valence-corrected chi connectivity index (χ0v) is 38.1. The summed E-state index contributed by atoms with van der Waals surface area (Å²) in [6, 6.07) is -0.655. The molecule has 332 valence electrons. The van der Waals surface area contributed by atoms with Crippen LogP contribution in [0.5, 0.6) is 0 Å². The predicted octanol–water partition coefficient (Wildman–Crippen LogP) is 16.1. The van der Waals surface area contributed by atoms with Crippen LogP contribution in [0.3, 0.4) is 0 Å². The molecule has 4 nitrogen and oxygen atoms in total. The van der Waals surface area contributed by atoms with Gasteiger partial charge in [0.15, 0.2) is 0 Å². The lowest BCUT2D eigenvalue weighted by atomic mass is 10.0. The van der Waals surface area contributed by atoms with Crippen molar-refractivity contribution in [3.63, 3.8) is 0 Å². The van der Waals surface area contributed by atoms with E-state index >= 15 is 0 Å². The molecule has 0 spiro atoms. The number of nitrogens with one attached hydrogen (secondary N) is 1. The Kier molecular flexibility index (Phi) is 46.8. The number of aliphatic hydroxyl groups excluding tert-OH is 2. The second-order valence-electron chi connectivity index (χ2n) is 16.9. The molecule has 2 atom stereocenters. The maximum Gasteiger partial charge on any atom is 0.220 e. The van der Waals surface area contributed by atoms with E-state index in [1.54, 1.807) is 6.08 Å². The van der Waals surface area contributed by atoms with Gasteiger partial charge in [-0.05, 0) is 70.6 Å². The third-order valence-electron chi connectivity index (χ3n) is 11.2. The number of amides is 1. The van der Waals surface area contributed by atoms with Gasteiger partial charge in [0.25, 0.3) is 0 Å². The van der Waals surface area contributed by atoms with Gasteiger partial charge < -0.3 is 15.5 Å². The van der Waals surface area contributed by atoms with Gasteiger partial charge >= 0.3 is 0 Å². The Balaban J connectivity index is 3.55. The number of rotatable bonds is 45. The zero-order chi connectivity index (χ0) is 41.4. The van der Waals surface area contributed by atoms with E-state index < -0.39 is 12.1 Å². The molecular formula is C53H97NO3. The van der Waals surface area contributed by atoms with Crippen molar-refractivity contribution in [1.82, 2.24) is 5.32 Å². The Morgan fingerprint density at radius 1 is 0.421 bits per heavy atom. The van der Waals surface area contributed by atoms with Gasteiger partial charge in [0.05, 0.1) is 18.8 Å². The van der Waals surface area contributed by atoms with Crippen molar-refractivity contribution >= 4 is 5.91 Å². The predicted molar refractivity (Wildman–Crippen MR) is 253 cm³/mol. The number of unbranched alkanes of at least 4 members (excludes halogenated alkanes) is 30. The molecule has 0 aromatic rings. The standard InChI is InChI=1S/C53H97NO3/c1-3-5-7-9-11-13-15-17-18-19-20-21-22-23-24-25-26-27-28-29-30-31-32-33-34-35-37-38-40-42-44-46-48-52(56)51(50-55)54-53(57)49-47-45-43-41-39-36-16-14-12-10-8-6-4-2/h8,10,14,16,33-34,38,40,46,48,51-52,55-56H,3-7,9,11-13,15,17-32,35-37,39,41-45,47,49-50H2,1-2H3,(H,54,57)/b10-8-,16-14-,34-33+,40-38+,48-46+. The van der Waals surface area contributed by atoms with Crippen LogP contribution >= 0.6 is 0 Å². The van der Waals surface area contributed by atoms with Crippen LogP contribution in [0, 0.1) is 0 Å². The van der Waals surface area contributed by atoms with Crippen LogP contribution in [0.1, 0.15) is 251 Å². The van der Waals surface area contributed by atoms with E-state index in [2.05, 4.69) is 67.8 Å². The van der Waals surface area contributed by atoms with Crippen LogP contribution in [0.25, 0.3) is 0 Å². The van der Waals surface area contributed by atoms with E-state index in [1.807, 2.05) is 6.08 Å². The molecule has 0 aromatic heterocycles. The fourth-order valence-electron chi connectivity index (χ4n) is 7.37. The first-order chi connectivity index (χ1) is 28.2. The van der Waals surface area contributed by atoms with Crippen LogP contribution in [-0.2, 0) is 4.79 Å². The molecule has 4 heteroatoms. The van der Waals surface area contributed by atoms with E-state index in [9.17, 15) is 15.0 Å². The monoisotopic (exact) mass is 796 g/mol. The Bertz CT molecular complexity index is 950. The third-order valence-corrected chi connectivity index (χ3v) is 11.2. The first-order valence-corrected chi connectivity index (χ1v) is 25.0. The molecule has 0 rings (SSSR count). The maximum absolute atomic E-state index is 12.4. The van der Waals surface area contributed by atoms with E-state index in [-0.39, 0.29) is 12.5 Å². The van der Waals surface area contributed by atoms with Gasteiger partial charge in [0, 0.05) is 6.42 Å². The number of aliphatic hydroxyl groups is 2. The van der Waals surface area contributed by atoms with Gasteiger partial charge in [-0.1, -0.05) is 235 Å². The first-order valence-electron chi connectivity index (χ1n) is 25.0. The van der Waals surface area contributed by atoms with Crippen LogP contribution in [0.4, 0.5) is 0 Å². The summed E-state index contributed by atoms with van der Waals surface area (Å²) in [6.07, 6.45) is 68.0. The molecule has 0 fully saturated rings. The molecule has 57 heavy (non-hydrogen) atoms. The van der Waals surface area contributed by atoms with Gasteiger partial charge in [-0.15, -0.1) is 0 Å². The molecule has 0 aromatic carbocycles. The lowest BCUT2D eigenvalue weighted by Gasteiger charge is -2.19. The molecule has 0 radical (unpaired) electrons. The molecule has 0 saturated heterocycles. The van der Waals surface area contributed by atoms with E-state index in [1.165, 1.54) is 173 Å². The normalized spacial score (nSPS) is 13.4. The smallest absolute Gasteiger partial charge is 0.220 e. The summed E-state index contributed by atoms with van der Waals surface area (Å²) in [5.41, 5.74) is 0. The number of carbonyl (C=O) groups excluding carboxylic acids is 1. The SMILES string of the molecule is CCC/C=C\C/C=C\CCCCCCCC(=O)NC(CO)C(O)/C=C/CC/C=C/CC/C=C/CCCCCCCCCCCCCCCCCCCCCCCC. The largest absolute Gasteiger partial charge is 0.394 e. The summed E-state index contributed by atoms with van der Waals surface area (Å²) in [5.74, 6) is -0.0939. The Morgan fingerprint density at radius 2 is 0.772 bits per heavy atom. The Morgan fingerprint density at radius 3 is 1.19 bits per heavy atom. The van der Waals surface area contributed by atoms with Crippen LogP contribution in [0.2, 0.25) is 0 Å². The van der Waals surface area contributed by atoms with Crippen LogP contribution in [-0.4, -0.2) is 34.9 Å². The lowest BCUT2D eigenvalue weighted by molar-refractivity contribution is -0.123. The summed E-state index contributed by atoms with van der Waals surface area (Å²) < 4.78 is 0. The van der Waals surface area contributed by atoms with Crippen molar-refractivity contribution in [1.29, 1.82) is 0 Å². The summed E-state index contributed by atoms with van der Waals surface area (Å²) >= 11 is 0. The minimum Gasteiger partial charge on any atom is -0.394 e. The second-order valence-corrected chi connectivity index (χ2v) is 16.9. The van der Waals surface area contributed by atoms with E-state index in [4.69, 9.17) is 0 Å². The van der Waals surface area contributed by atoms with Crippen LogP contribution in [0.15, 0.2) is 60.8 Å². The molecule has 3 N–H and O–H groups in total. The molecule has 0 aliphatic rings. The number of allylic oxidation sites excluding steroid dienone is 9. The van der Waals surface area contributed by atoms with Crippen molar-refractivity contribution in [2.24, 2.45) is 0 Å². The number of carbonyl (C=O) groups is 1. The summed E-state index contributed by atoms with van der Waals surface area (Å²) in [5, 5.41) is 23.0. The highest BCUT2D eigenvalue weighted by Crippen LogP contribution is 2.16. The van der Waals surface area contributed by atoms with Crippen molar-refractivity contribution in [3.8, 4) is 0 Å². The molecule has 2 unspecified atom stereocenters. The van der Waals surface area contributed by atoms with Crippen molar-refractivity contribution in [3.05, 3.63) is 60.8 Å². The highest BCUT2D eigenvalue weighted by Gasteiger charge is 2.17.